The number of benzene rings is 1. The van der Waals surface area contributed by atoms with Gasteiger partial charge in [-0.3, -0.25) is 9.78 Å². The quantitative estimate of drug-likeness (QED) is 0.530. The zero-order valence-electron chi connectivity index (χ0n) is 14.8. The number of carbonyl (C=O) groups is 1. The number of nitrogens with zero attached hydrogens (tertiary/aromatic N) is 3. The minimum atomic E-state index is -0.0497. The van der Waals surface area contributed by atoms with Crippen molar-refractivity contribution in [3.8, 4) is 5.75 Å². The molecule has 0 spiro atoms. The van der Waals surface area contributed by atoms with Gasteiger partial charge >= 0.3 is 0 Å². The smallest absolute Gasteiger partial charge is 0.191 e. The van der Waals surface area contributed by atoms with Crippen LogP contribution in [0.1, 0.15) is 17.3 Å². The van der Waals surface area contributed by atoms with Gasteiger partial charge in [0, 0.05) is 61.0 Å². The molecule has 0 unspecified atom stereocenters. The number of anilines is 1. The predicted molar refractivity (Wildman–Crippen MR) is 107 cm³/mol. The summed E-state index contributed by atoms with van der Waals surface area (Å²) in [5.41, 5.74) is 1.77. The molecule has 2 aromatic rings. The number of halogens is 1. The van der Waals surface area contributed by atoms with E-state index in [1.807, 2.05) is 49.8 Å². The normalized spacial score (nSPS) is 14.7. The van der Waals surface area contributed by atoms with Crippen LogP contribution in [0.2, 0.25) is 0 Å². The Kier molecular flexibility index (Phi) is 6.28. The molecule has 26 heavy (non-hydrogen) atoms. The third-order valence-corrected chi connectivity index (χ3v) is 4.78. The fourth-order valence-corrected chi connectivity index (χ4v) is 3.28. The monoisotopic (exact) mass is 415 g/mol. The Hall–Kier alpha value is -2.34. The first-order valence-corrected chi connectivity index (χ1v) is 9.50. The summed E-state index contributed by atoms with van der Waals surface area (Å²) < 4.78 is 6.43. The van der Waals surface area contributed by atoms with E-state index in [-0.39, 0.29) is 5.78 Å². The first kappa shape index (κ1) is 18.5. The number of ketones is 1. The van der Waals surface area contributed by atoms with E-state index in [9.17, 15) is 4.79 Å². The molecule has 0 aliphatic carbocycles. The van der Waals surface area contributed by atoms with Crippen LogP contribution >= 0.6 is 15.9 Å². The Morgan fingerprint density at radius 3 is 2.62 bits per heavy atom. The number of carbonyl (C=O) groups excluding carboxylic acids is 1. The van der Waals surface area contributed by atoms with Crippen molar-refractivity contribution >= 4 is 27.4 Å². The van der Waals surface area contributed by atoms with Crippen molar-refractivity contribution in [1.29, 1.82) is 0 Å². The summed E-state index contributed by atoms with van der Waals surface area (Å²) in [7, 11) is 0. The second-order valence-electron chi connectivity index (χ2n) is 5.98. The number of piperazine rings is 1. The lowest BCUT2D eigenvalue weighted by Crippen LogP contribution is -2.44. The van der Waals surface area contributed by atoms with Crippen LogP contribution in [-0.2, 0) is 0 Å². The molecule has 5 nitrogen and oxygen atoms in total. The molecule has 3 rings (SSSR count). The van der Waals surface area contributed by atoms with Gasteiger partial charge in [0.15, 0.2) is 5.78 Å². The maximum absolute atomic E-state index is 12.6. The molecule has 0 N–H and O–H groups in total. The van der Waals surface area contributed by atoms with Crippen molar-refractivity contribution in [2.75, 3.05) is 37.7 Å². The maximum atomic E-state index is 12.6. The molecule has 0 saturated carbocycles. The average molecular weight is 416 g/mol. The molecular weight excluding hydrogens is 394 g/mol. The van der Waals surface area contributed by atoms with Crippen molar-refractivity contribution in [3.05, 3.63) is 65.0 Å². The van der Waals surface area contributed by atoms with Crippen LogP contribution in [0.4, 0.5) is 5.69 Å². The van der Waals surface area contributed by atoms with Crippen LogP contribution in [0.3, 0.4) is 0 Å². The first-order valence-electron chi connectivity index (χ1n) is 8.71. The number of ether oxygens (including phenoxy) is 1. The maximum Gasteiger partial charge on any atom is 0.191 e. The van der Waals surface area contributed by atoms with E-state index in [4.69, 9.17) is 4.74 Å². The van der Waals surface area contributed by atoms with Crippen molar-refractivity contribution in [2.24, 2.45) is 0 Å². The topological polar surface area (TPSA) is 45.7 Å². The molecule has 0 atom stereocenters. The number of rotatable bonds is 6. The number of hydrogen-bond acceptors (Lipinski definition) is 5. The van der Waals surface area contributed by atoms with Gasteiger partial charge in [0.2, 0.25) is 0 Å². The van der Waals surface area contributed by atoms with Gasteiger partial charge in [-0.25, -0.2) is 0 Å². The van der Waals surface area contributed by atoms with Gasteiger partial charge in [0.05, 0.1) is 12.2 Å². The standard InChI is InChI=1S/C20H22BrN3O2/c1-2-26-20-4-3-16(21)15-18(20)19(25)7-10-23-11-13-24(14-12-23)17-5-8-22-9-6-17/h3-10,15H,2,11-14H2,1H3. The molecular formula is C20H22BrN3O2. The van der Waals surface area contributed by atoms with Crippen molar-refractivity contribution in [3.63, 3.8) is 0 Å². The van der Waals surface area contributed by atoms with Crippen molar-refractivity contribution in [1.82, 2.24) is 9.88 Å². The summed E-state index contributed by atoms with van der Waals surface area (Å²) >= 11 is 3.42. The summed E-state index contributed by atoms with van der Waals surface area (Å²) in [6.07, 6.45) is 7.15. The lowest BCUT2D eigenvalue weighted by molar-refractivity contribution is 0.104. The molecule has 6 heteroatoms. The minimum Gasteiger partial charge on any atom is -0.493 e. The predicted octanol–water partition coefficient (Wildman–Crippen LogP) is 3.76. The first-order chi connectivity index (χ1) is 12.7. The highest BCUT2D eigenvalue weighted by Crippen LogP contribution is 2.24. The Morgan fingerprint density at radius 2 is 1.92 bits per heavy atom. The Morgan fingerprint density at radius 1 is 1.19 bits per heavy atom. The van der Waals surface area contributed by atoms with Crippen LogP contribution in [0.25, 0.3) is 0 Å². The lowest BCUT2D eigenvalue weighted by Gasteiger charge is -2.35. The van der Waals surface area contributed by atoms with E-state index < -0.39 is 0 Å². The summed E-state index contributed by atoms with van der Waals surface area (Å²) in [6, 6.07) is 9.56. The van der Waals surface area contributed by atoms with E-state index >= 15 is 0 Å². The number of pyridine rings is 1. The van der Waals surface area contributed by atoms with E-state index in [0.717, 1.165) is 30.7 Å². The zero-order chi connectivity index (χ0) is 18.4. The second-order valence-corrected chi connectivity index (χ2v) is 6.90. The number of allylic oxidation sites excluding steroid dienone is 1. The van der Waals surface area contributed by atoms with E-state index in [1.165, 1.54) is 5.69 Å². The molecule has 1 aliphatic rings. The molecule has 0 bridgehead atoms. The van der Waals surface area contributed by atoms with Gasteiger partial charge < -0.3 is 14.5 Å². The fourth-order valence-electron chi connectivity index (χ4n) is 2.92. The van der Waals surface area contributed by atoms with Crippen molar-refractivity contribution < 1.29 is 9.53 Å². The number of aromatic nitrogens is 1. The SMILES string of the molecule is CCOc1ccc(Br)cc1C(=O)C=CN1CCN(c2ccncc2)CC1. The highest BCUT2D eigenvalue weighted by atomic mass is 79.9. The third-order valence-electron chi connectivity index (χ3n) is 4.29. The summed E-state index contributed by atoms with van der Waals surface area (Å²) in [5, 5.41) is 0. The second kappa shape index (κ2) is 8.85. The average Bonchev–Trinajstić information content (AvgIpc) is 2.69. The van der Waals surface area contributed by atoms with Crippen LogP contribution in [0.5, 0.6) is 5.75 Å². The van der Waals surface area contributed by atoms with E-state index in [2.05, 4.69) is 30.7 Å². The molecule has 1 aliphatic heterocycles. The van der Waals surface area contributed by atoms with Gasteiger partial charge in [-0.2, -0.15) is 0 Å². The van der Waals surface area contributed by atoms with Gasteiger partial charge in [-0.15, -0.1) is 0 Å². The molecule has 1 aromatic heterocycles. The highest BCUT2D eigenvalue weighted by Gasteiger charge is 2.16. The molecule has 1 fully saturated rings. The lowest BCUT2D eigenvalue weighted by atomic mass is 10.1. The van der Waals surface area contributed by atoms with E-state index in [0.29, 0.717) is 17.9 Å². The third kappa shape index (κ3) is 4.64. The summed E-state index contributed by atoms with van der Waals surface area (Å²) in [5.74, 6) is 0.569. The van der Waals surface area contributed by atoms with Gasteiger partial charge in [-0.05, 0) is 37.3 Å². The zero-order valence-corrected chi connectivity index (χ0v) is 16.4. The Labute approximate surface area is 162 Å². The summed E-state index contributed by atoms with van der Waals surface area (Å²) in [6.45, 7) is 6.04. The highest BCUT2D eigenvalue weighted by molar-refractivity contribution is 9.10. The Balaban J connectivity index is 1.61. The van der Waals surface area contributed by atoms with Crippen LogP contribution in [0, 0.1) is 0 Å². The molecule has 0 amide bonds. The molecule has 0 radical (unpaired) electrons. The minimum absolute atomic E-state index is 0.0497. The van der Waals surface area contributed by atoms with Gasteiger partial charge in [-0.1, -0.05) is 15.9 Å². The van der Waals surface area contributed by atoms with Gasteiger partial charge in [0.25, 0.3) is 0 Å². The number of hydrogen-bond donors (Lipinski definition) is 0. The molecule has 1 saturated heterocycles. The van der Waals surface area contributed by atoms with Crippen LogP contribution < -0.4 is 9.64 Å². The summed E-state index contributed by atoms with van der Waals surface area (Å²) in [4.78, 5) is 21.2. The van der Waals surface area contributed by atoms with E-state index in [1.54, 1.807) is 12.1 Å². The molecule has 136 valence electrons. The molecule has 1 aromatic carbocycles. The largest absolute Gasteiger partial charge is 0.493 e. The van der Waals surface area contributed by atoms with Crippen LogP contribution in [-0.4, -0.2) is 48.5 Å². The van der Waals surface area contributed by atoms with Gasteiger partial charge in [0.1, 0.15) is 5.75 Å². The fraction of sp³-hybridized carbons (Fsp3) is 0.300. The molecule has 2 heterocycles. The Bertz CT molecular complexity index is 772. The van der Waals surface area contributed by atoms with Crippen LogP contribution in [0.15, 0.2) is 59.5 Å². The van der Waals surface area contributed by atoms with Crippen molar-refractivity contribution in [2.45, 2.75) is 6.92 Å².